The molecular formula is C19H31ClN4O3. The molecular weight excluding hydrogens is 368 g/mol. The fourth-order valence-corrected chi connectivity index (χ4v) is 3.10. The van der Waals surface area contributed by atoms with E-state index in [1.54, 1.807) is 14.2 Å². The van der Waals surface area contributed by atoms with Gasteiger partial charge in [-0.25, -0.2) is 0 Å². The molecule has 152 valence electrons. The minimum atomic E-state index is 0.539. The van der Waals surface area contributed by atoms with Crippen LogP contribution in [0.1, 0.15) is 12.0 Å². The van der Waals surface area contributed by atoms with Crippen LogP contribution in [0.4, 0.5) is 0 Å². The van der Waals surface area contributed by atoms with Crippen molar-refractivity contribution in [3.63, 3.8) is 0 Å². The number of nitrogens with one attached hydrogen (secondary N) is 2. The third-order valence-corrected chi connectivity index (χ3v) is 4.54. The lowest BCUT2D eigenvalue weighted by Crippen LogP contribution is -2.41. The van der Waals surface area contributed by atoms with Crippen molar-refractivity contribution in [3.05, 3.63) is 22.7 Å². The SMILES string of the molecule is CN=C(NCCc1cc(Cl)c2c(c1)OCCO2)NCCN(C)CCCOC. The summed E-state index contributed by atoms with van der Waals surface area (Å²) in [5.74, 6) is 2.17. The van der Waals surface area contributed by atoms with Crippen LogP contribution in [0.3, 0.4) is 0 Å². The summed E-state index contributed by atoms with van der Waals surface area (Å²) in [7, 11) is 5.62. The number of guanidine groups is 1. The Morgan fingerprint density at radius 2 is 2.00 bits per heavy atom. The summed E-state index contributed by atoms with van der Waals surface area (Å²) < 4.78 is 16.3. The number of fused-ring (bicyclic) bond motifs is 1. The minimum Gasteiger partial charge on any atom is -0.486 e. The van der Waals surface area contributed by atoms with Crippen LogP contribution < -0.4 is 20.1 Å². The molecule has 1 aliphatic heterocycles. The molecule has 0 atom stereocenters. The number of methoxy groups -OCH3 is 1. The molecule has 0 fully saturated rings. The topological polar surface area (TPSA) is 67.4 Å². The van der Waals surface area contributed by atoms with Gasteiger partial charge in [-0.1, -0.05) is 11.6 Å². The van der Waals surface area contributed by atoms with Crippen molar-refractivity contribution >= 4 is 17.6 Å². The monoisotopic (exact) mass is 398 g/mol. The molecule has 0 unspecified atom stereocenters. The molecule has 0 amide bonds. The summed E-state index contributed by atoms with van der Waals surface area (Å²) in [4.78, 5) is 6.54. The average molecular weight is 399 g/mol. The Morgan fingerprint density at radius 3 is 2.78 bits per heavy atom. The van der Waals surface area contributed by atoms with E-state index in [0.29, 0.717) is 24.0 Å². The molecule has 1 heterocycles. The summed E-state index contributed by atoms with van der Waals surface area (Å²) in [6, 6.07) is 3.93. The molecule has 0 saturated carbocycles. The van der Waals surface area contributed by atoms with E-state index in [1.165, 1.54) is 0 Å². The average Bonchev–Trinajstić information content (AvgIpc) is 2.67. The zero-order chi connectivity index (χ0) is 19.5. The van der Waals surface area contributed by atoms with Crippen LogP contribution in [-0.2, 0) is 11.2 Å². The smallest absolute Gasteiger partial charge is 0.191 e. The van der Waals surface area contributed by atoms with Gasteiger partial charge in [-0.3, -0.25) is 4.99 Å². The zero-order valence-corrected chi connectivity index (χ0v) is 17.3. The number of hydrogen-bond donors (Lipinski definition) is 2. The fraction of sp³-hybridized carbons (Fsp3) is 0.632. The van der Waals surface area contributed by atoms with Crippen LogP contribution in [0.5, 0.6) is 11.5 Å². The molecule has 0 aromatic heterocycles. The summed E-state index contributed by atoms with van der Waals surface area (Å²) in [5, 5.41) is 7.26. The number of hydrogen-bond acceptors (Lipinski definition) is 5. The first-order valence-electron chi connectivity index (χ1n) is 9.34. The normalized spacial score (nSPS) is 13.7. The zero-order valence-electron chi connectivity index (χ0n) is 16.5. The molecule has 0 bridgehead atoms. The maximum Gasteiger partial charge on any atom is 0.191 e. The van der Waals surface area contributed by atoms with Gasteiger partial charge in [0.25, 0.3) is 0 Å². The van der Waals surface area contributed by atoms with Crippen LogP contribution in [0.15, 0.2) is 17.1 Å². The van der Waals surface area contributed by atoms with Crippen molar-refractivity contribution in [1.29, 1.82) is 0 Å². The molecule has 1 aromatic rings. The Labute approximate surface area is 167 Å². The number of benzene rings is 1. The summed E-state index contributed by atoms with van der Waals surface area (Å²) in [6.07, 6.45) is 1.85. The van der Waals surface area contributed by atoms with Gasteiger partial charge in [0.1, 0.15) is 13.2 Å². The number of aliphatic imine (C=N–C) groups is 1. The third-order valence-electron chi connectivity index (χ3n) is 4.26. The number of halogens is 1. The standard InChI is InChI=1S/C19H31ClN4O3/c1-21-19(23-7-9-24(2)8-4-10-25-3)22-6-5-15-13-16(20)18-17(14-15)26-11-12-27-18/h13-14H,4-12H2,1-3H3,(H2,21,22,23). The molecule has 0 aliphatic carbocycles. The molecule has 7 nitrogen and oxygen atoms in total. The van der Waals surface area contributed by atoms with Crippen molar-refractivity contribution in [2.24, 2.45) is 4.99 Å². The Kier molecular flexibility index (Phi) is 9.52. The number of likely N-dealkylation sites (N-methyl/N-ethyl adjacent to an activating group) is 1. The highest BCUT2D eigenvalue weighted by molar-refractivity contribution is 6.32. The lowest BCUT2D eigenvalue weighted by atomic mass is 10.1. The van der Waals surface area contributed by atoms with Gasteiger partial charge in [-0.05, 0) is 37.6 Å². The van der Waals surface area contributed by atoms with Crippen molar-refractivity contribution in [3.8, 4) is 11.5 Å². The Bertz CT molecular complexity index is 613. The quantitative estimate of drug-likeness (QED) is 0.356. The Morgan fingerprint density at radius 1 is 1.22 bits per heavy atom. The van der Waals surface area contributed by atoms with E-state index in [2.05, 4.69) is 27.6 Å². The van der Waals surface area contributed by atoms with E-state index in [1.807, 2.05) is 12.1 Å². The highest BCUT2D eigenvalue weighted by Gasteiger charge is 2.16. The van der Waals surface area contributed by atoms with Crippen LogP contribution >= 0.6 is 11.6 Å². The summed E-state index contributed by atoms with van der Waals surface area (Å²) in [5.41, 5.74) is 1.10. The van der Waals surface area contributed by atoms with E-state index in [9.17, 15) is 0 Å². The molecule has 1 aliphatic rings. The highest BCUT2D eigenvalue weighted by Crippen LogP contribution is 2.38. The van der Waals surface area contributed by atoms with E-state index in [-0.39, 0.29) is 0 Å². The second-order valence-electron chi connectivity index (χ2n) is 6.43. The van der Waals surface area contributed by atoms with Gasteiger partial charge >= 0.3 is 0 Å². The molecule has 1 aromatic carbocycles. The van der Waals surface area contributed by atoms with Gasteiger partial charge in [0.2, 0.25) is 0 Å². The molecule has 2 N–H and O–H groups in total. The Balaban J connectivity index is 1.70. The molecule has 0 radical (unpaired) electrons. The fourth-order valence-electron chi connectivity index (χ4n) is 2.81. The van der Waals surface area contributed by atoms with Gasteiger partial charge < -0.3 is 29.7 Å². The van der Waals surface area contributed by atoms with E-state index in [0.717, 1.165) is 62.9 Å². The van der Waals surface area contributed by atoms with Gasteiger partial charge in [0.05, 0.1) is 5.02 Å². The van der Waals surface area contributed by atoms with Crippen LogP contribution in [0.25, 0.3) is 0 Å². The first kappa shape index (κ1) is 21.6. The highest BCUT2D eigenvalue weighted by atomic mass is 35.5. The molecule has 8 heteroatoms. The largest absolute Gasteiger partial charge is 0.486 e. The third kappa shape index (κ3) is 7.44. The van der Waals surface area contributed by atoms with E-state index >= 15 is 0 Å². The lowest BCUT2D eigenvalue weighted by molar-refractivity contribution is 0.171. The number of rotatable bonds is 10. The van der Waals surface area contributed by atoms with Crippen molar-refractivity contribution in [2.45, 2.75) is 12.8 Å². The maximum atomic E-state index is 6.29. The number of nitrogens with zero attached hydrogens (tertiary/aromatic N) is 2. The van der Waals surface area contributed by atoms with Crippen LogP contribution in [0, 0.1) is 0 Å². The number of ether oxygens (including phenoxy) is 3. The van der Waals surface area contributed by atoms with Crippen LogP contribution in [-0.4, -0.2) is 78.1 Å². The van der Waals surface area contributed by atoms with E-state index < -0.39 is 0 Å². The Hall–Kier alpha value is -1.70. The van der Waals surface area contributed by atoms with Gasteiger partial charge in [0.15, 0.2) is 17.5 Å². The first-order chi connectivity index (χ1) is 13.1. The molecule has 2 rings (SSSR count). The molecule has 27 heavy (non-hydrogen) atoms. The predicted molar refractivity (Wildman–Crippen MR) is 110 cm³/mol. The first-order valence-corrected chi connectivity index (χ1v) is 9.72. The predicted octanol–water partition coefficient (Wildman–Crippen LogP) is 1.79. The van der Waals surface area contributed by atoms with Gasteiger partial charge in [-0.2, -0.15) is 0 Å². The van der Waals surface area contributed by atoms with Crippen molar-refractivity contribution in [1.82, 2.24) is 15.5 Å². The minimum absolute atomic E-state index is 0.539. The molecule has 0 spiro atoms. The van der Waals surface area contributed by atoms with Crippen molar-refractivity contribution in [2.75, 3.05) is 67.2 Å². The van der Waals surface area contributed by atoms with Crippen LogP contribution in [0.2, 0.25) is 5.02 Å². The maximum absolute atomic E-state index is 6.29. The summed E-state index contributed by atoms with van der Waals surface area (Å²) >= 11 is 6.29. The summed E-state index contributed by atoms with van der Waals surface area (Å²) in [6.45, 7) is 5.44. The second kappa shape index (κ2) is 11.9. The second-order valence-corrected chi connectivity index (χ2v) is 6.83. The lowest BCUT2D eigenvalue weighted by Gasteiger charge is -2.20. The van der Waals surface area contributed by atoms with Gasteiger partial charge in [0, 0.05) is 46.9 Å². The van der Waals surface area contributed by atoms with E-state index in [4.69, 9.17) is 25.8 Å². The van der Waals surface area contributed by atoms with Crippen molar-refractivity contribution < 1.29 is 14.2 Å². The van der Waals surface area contributed by atoms with Gasteiger partial charge in [-0.15, -0.1) is 0 Å². The molecule has 0 saturated heterocycles.